The van der Waals surface area contributed by atoms with Crippen molar-refractivity contribution in [2.75, 3.05) is 0 Å². The predicted octanol–water partition coefficient (Wildman–Crippen LogP) is 1.84. The number of hydrogen-bond acceptors (Lipinski definition) is 3. The van der Waals surface area contributed by atoms with Gasteiger partial charge in [0.1, 0.15) is 5.82 Å². The van der Waals surface area contributed by atoms with Gasteiger partial charge in [-0.3, -0.25) is 9.48 Å². The van der Waals surface area contributed by atoms with Crippen molar-refractivity contribution in [2.24, 2.45) is 7.05 Å². The molecule has 2 rings (SSSR count). The molecule has 0 fully saturated rings. The van der Waals surface area contributed by atoms with Crippen molar-refractivity contribution in [3.05, 3.63) is 36.2 Å². The Morgan fingerprint density at radius 2 is 2.19 bits per heavy atom. The molecule has 1 N–H and O–H groups in total. The van der Waals surface area contributed by atoms with Gasteiger partial charge in [0.25, 0.3) is 0 Å². The highest BCUT2D eigenvalue weighted by atomic mass is 16.1. The number of amides is 1. The van der Waals surface area contributed by atoms with Crippen LogP contribution in [0.2, 0.25) is 0 Å². The lowest BCUT2D eigenvalue weighted by Gasteiger charge is -2.17. The Morgan fingerprint density at radius 3 is 2.81 bits per heavy atom. The quantitative estimate of drug-likeness (QED) is 0.846. The summed E-state index contributed by atoms with van der Waals surface area (Å²) in [6, 6.07) is 1.96. The summed E-state index contributed by atoms with van der Waals surface area (Å²) in [4.78, 5) is 16.4. The summed E-state index contributed by atoms with van der Waals surface area (Å²) in [5.74, 6) is 1.07. The van der Waals surface area contributed by atoms with Crippen LogP contribution in [-0.4, -0.2) is 25.2 Å². The van der Waals surface area contributed by atoms with Gasteiger partial charge in [0.2, 0.25) is 5.91 Å². The molecule has 0 aliphatic carbocycles. The Balaban J connectivity index is 1.90. The average molecular weight is 289 g/mol. The number of carbonyl (C=O) groups excluding carboxylic acids is 1. The monoisotopic (exact) mass is 289 g/mol. The third-order valence-electron chi connectivity index (χ3n) is 3.66. The molecule has 0 saturated heterocycles. The second-order valence-electron chi connectivity index (χ2n) is 5.05. The van der Waals surface area contributed by atoms with Gasteiger partial charge in [-0.15, -0.1) is 0 Å². The molecule has 2 aromatic heterocycles. The summed E-state index contributed by atoms with van der Waals surface area (Å²) in [6.45, 7) is 4.79. The fraction of sp³-hybridized carbons (Fsp3) is 0.533. The maximum absolute atomic E-state index is 12.1. The van der Waals surface area contributed by atoms with Gasteiger partial charge < -0.3 is 9.88 Å². The molecule has 114 valence electrons. The fourth-order valence-electron chi connectivity index (χ4n) is 2.46. The third-order valence-corrected chi connectivity index (χ3v) is 3.66. The number of aromatic nitrogens is 4. The fourth-order valence-corrected chi connectivity index (χ4v) is 2.46. The minimum atomic E-state index is 0.0124. The first kappa shape index (κ1) is 15.3. The molecule has 21 heavy (non-hydrogen) atoms. The summed E-state index contributed by atoms with van der Waals surface area (Å²) in [5, 5.41) is 7.23. The van der Waals surface area contributed by atoms with Crippen LogP contribution in [0, 0.1) is 0 Å². The molecule has 2 heterocycles. The molecular weight excluding hydrogens is 266 g/mol. The van der Waals surface area contributed by atoms with Crippen molar-refractivity contribution >= 4 is 5.91 Å². The predicted molar refractivity (Wildman–Crippen MR) is 80.6 cm³/mol. The molecule has 0 aliphatic heterocycles. The van der Waals surface area contributed by atoms with E-state index in [0.717, 1.165) is 24.4 Å². The van der Waals surface area contributed by atoms with Gasteiger partial charge >= 0.3 is 0 Å². The normalized spacial score (nSPS) is 12.3. The number of rotatable bonds is 7. The van der Waals surface area contributed by atoms with E-state index >= 15 is 0 Å². The lowest BCUT2D eigenvalue weighted by atomic mass is 10.1. The maximum atomic E-state index is 12.1. The summed E-state index contributed by atoms with van der Waals surface area (Å²) in [5.41, 5.74) is 1.03. The first-order chi connectivity index (χ1) is 10.2. The summed E-state index contributed by atoms with van der Waals surface area (Å²) in [6.07, 6.45) is 7.63. The zero-order chi connectivity index (χ0) is 15.2. The SMILES string of the molecule is CCc1nccn1CCC(=O)NC(CC)c1ccnn1C. The molecule has 1 atom stereocenters. The van der Waals surface area contributed by atoms with E-state index in [1.165, 1.54) is 0 Å². The highest BCUT2D eigenvalue weighted by Crippen LogP contribution is 2.15. The highest BCUT2D eigenvalue weighted by Gasteiger charge is 2.15. The molecule has 0 radical (unpaired) electrons. The van der Waals surface area contributed by atoms with Crippen LogP contribution in [0.4, 0.5) is 0 Å². The number of nitrogens with zero attached hydrogens (tertiary/aromatic N) is 4. The van der Waals surface area contributed by atoms with Gasteiger partial charge in [-0.25, -0.2) is 4.98 Å². The van der Waals surface area contributed by atoms with Crippen molar-refractivity contribution in [2.45, 2.75) is 45.7 Å². The van der Waals surface area contributed by atoms with Crippen LogP contribution in [0.25, 0.3) is 0 Å². The molecule has 0 saturated carbocycles. The first-order valence-corrected chi connectivity index (χ1v) is 7.43. The van der Waals surface area contributed by atoms with Crippen molar-refractivity contribution in [1.82, 2.24) is 24.6 Å². The Kier molecular flexibility index (Phi) is 5.14. The molecule has 0 aliphatic rings. The number of carbonyl (C=O) groups is 1. The summed E-state index contributed by atoms with van der Waals surface area (Å²) >= 11 is 0. The lowest BCUT2D eigenvalue weighted by molar-refractivity contribution is -0.122. The van der Waals surface area contributed by atoms with Gasteiger partial charge in [-0.2, -0.15) is 5.10 Å². The minimum Gasteiger partial charge on any atom is -0.348 e. The average Bonchev–Trinajstić information content (AvgIpc) is 3.11. The van der Waals surface area contributed by atoms with Gasteiger partial charge in [0, 0.05) is 45.0 Å². The summed E-state index contributed by atoms with van der Waals surface area (Å²) in [7, 11) is 1.89. The van der Waals surface area contributed by atoms with E-state index in [2.05, 4.69) is 29.2 Å². The Labute approximate surface area is 125 Å². The van der Waals surface area contributed by atoms with Gasteiger partial charge in [-0.05, 0) is 12.5 Å². The van der Waals surface area contributed by atoms with Crippen LogP contribution in [0.5, 0.6) is 0 Å². The van der Waals surface area contributed by atoms with Gasteiger partial charge in [0.15, 0.2) is 0 Å². The first-order valence-electron chi connectivity index (χ1n) is 7.43. The van der Waals surface area contributed by atoms with E-state index in [1.807, 2.05) is 23.9 Å². The smallest absolute Gasteiger partial charge is 0.222 e. The van der Waals surface area contributed by atoms with E-state index in [9.17, 15) is 4.79 Å². The molecule has 0 bridgehead atoms. The molecule has 2 aromatic rings. The molecule has 1 unspecified atom stereocenters. The number of imidazole rings is 1. The topological polar surface area (TPSA) is 64.7 Å². The minimum absolute atomic E-state index is 0.0124. The van der Waals surface area contributed by atoms with Crippen molar-refractivity contribution < 1.29 is 4.79 Å². The Bertz CT molecular complexity index is 586. The molecular formula is C15H23N5O. The molecule has 6 nitrogen and oxygen atoms in total. The van der Waals surface area contributed by atoms with Gasteiger partial charge in [-0.1, -0.05) is 13.8 Å². The largest absolute Gasteiger partial charge is 0.348 e. The van der Waals surface area contributed by atoms with E-state index in [1.54, 1.807) is 17.1 Å². The van der Waals surface area contributed by atoms with Crippen LogP contribution in [-0.2, 0) is 24.8 Å². The van der Waals surface area contributed by atoms with Crippen molar-refractivity contribution in [3.8, 4) is 0 Å². The maximum Gasteiger partial charge on any atom is 0.222 e. The van der Waals surface area contributed by atoms with Crippen LogP contribution in [0.3, 0.4) is 0 Å². The lowest BCUT2D eigenvalue weighted by Crippen LogP contribution is -2.30. The number of hydrogen-bond donors (Lipinski definition) is 1. The Morgan fingerprint density at radius 1 is 1.38 bits per heavy atom. The van der Waals surface area contributed by atoms with E-state index < -0.39 is 0 Å². The highest BCUT2D eigenvalue weighted by molar-refractivity contribution is 5.76. The van der Waals surface area contributed by atoms with Crippen LogP contribution in [0.15, 0.2) is 24.7 Å². The summed E-state index contributed by atoms with van der Waals surface area (Å²) < 4.78 is 3.84. The number of nitrogens with one attached hydrogen (secondary N) is 1. The van der Waals surface area contributed by atoms with Crippen molar-refractivity contribution in [3.63, 3.8) is 0 Å². The molecule has 0 aromatic carbocycles. The zero-order valence-corrected chi connectivity index (χ0v) is 12.9. The second kappa shape index (κ2) is 7.06. The van der Waals surface area contributed by atoms with Crippen LogP contribution >= 0.6 is 0 Å². The van der Waals surface area contributed by atoms with Crippen molar-refractivity contribution in [1.29, 1.82) is 0 Å². The van der Waals surface area contributed by atoms with Gasteiger partial charge in [0.05, 0.1) is 11.7 Å². The van der Waals surface area contributed by atoms with Crippen LogP contribution in [0.1, 0.15) is 44.2 Å². The zero-order valence-electron chi connectivity index (χ0n) is 12.9. The van der Waals surface area contributed by atoms with E-state index in [4.69, 9.17) is 0 Å². The standard InChI is InChI=1S/C15H23N5O/c1-4-12(13-6-8-17-19(13)3)18-15(21)7-10-20-11-9-16-14(20)5-2/h6,8-9,11-12H,4-5,7,10H2,1-3H3,(H,18,21). The van der Waals surface area contributed by atoms with E-state index in [-0.39, 0.29) is 11.9 Å². The second-order valence-corrected chi connectivity index (χ2v) is 5.05. The molecule has 0 spiro atoms. The molecule has 6 heteroatoms. The van der Waals surface area contributed by atoms with E-state index in [0.29, 0.717) is 13.0 Å². The third kappa shape index (κ3) is 3.71. The number of aryl methyl sites for hydroxylation is 3. The van der Waals surface area contributed by atoms with Crippen LogP contribution < -0.4 is 5.32 Å². The molecule has 1 amide bonds. The Hall–Kier alpha value is -2.11.